The van der Waals surface area contributed by atoms with Gasteiger partial charge in [-0.3, -0.25) is 0 Å². The van der Waals surface area contributed by atoms with E-state index in [1.807, 2.05) is 31.2 Å². The Morgan fingerprint density at radius 1 is 1.17 bits per heavy atom. The number of likely N-dealkylation sites (tertiary alicyclic amines) is 1. The molecule has 5 heteroatoms. The highest BCUT2D eigenvalue weighted by Gasteiger charge is 2.43. The highest BCUT2D eigenvalue weighted by Crippen LogP contribution is 2.44. The second-order valence-electron chi connectivity index (χ2n) is 9.07. The number of aliphatic hydroxyl groups excluding tert-OH is 2. The van der Waals surface area contributed by atoms with E-state index in [0.717, 1.165) is 59.4 Å². The third-order valence-corrected chi connectivity index (χ3v) is 6.89. The number of H-pyrrole nitrogens is 1. The molecule has 30 heavy (non-hydrogen) atoms. The van der Waals surface area contributed by atoms with Gasteiger partial charge in [-0.1, -0.05) is 30.3 Å². The number of aryl methyl sites for hydroxylation is 2. The minimum atomic E-state index is -0.533. The van der Waals surface area contributed by atoms with Gasteiger partial charge in [-0.05, 0) is 44.4 Å². The summed E-state index contributed by atoms with van der Waals surface area (Å²) in [6.07, 6.45) is 1.36. The van der Waals surface area contributed by atoms with Crippen LogP contribution >= 0.6 is 0 Å². The van der Waals surface area contributed by atoms with E-state index in [1.165, 1.54) is 5.56 Å². The summed E-state index contributed by atoms with van der Waals surface area (Å²) in [5.74, 6) is 0.814. The van der Waals surface area contributed by atoms with Crippen molar-refractivity contribution in [3.63, 3.8) is 0 Å². The van der Waals surface area contributed by atoms with Crippen molar-refractivity contribution in [2.75, 3.05) is 19.6 Å². The fourth-order valence-corrected chi connectivity index (χ4v) is 5.27. The maximum absolute atomic E-state index is 11.1. The Morgan fingerprint density at radius 2 is 1.93 bits per heavy atom. The molecule has 3 N–H and O–H groups in total. The van der Waals surface area contributed by atoms with Crippen LogP contribution in [0.4, 0.5) is 0 Å². The molecular formula is C25H30N2O3. The van der Waals surface area contributed by atoms with E-state index in [-0.39, 0.29) is 5.60 Å². The van der Waals surface area contributed by atoms with Crippen LogP contribution in [0.1, 0.15) is 53.9 Å². The topological polar surface area (TPSA) is 68.7 Å². The Balaban J connectivity index is 1.28. The maximum atomic E-state index is 11.1. The molecule has 0 bridgehead atoms. The molecule has 1 aromatic heterocycles. The Bertz CT molecular complexity index is 1070. The number of fused-ring (bicyclic) bond motifs is 2. The lowest BCUT2D eigenvalue weighted by Crippen LogP contribution is -2.51. The molecule has 2 aromatic carbocycles. The van der Waals surface area contributed by atoms with E-state index in [2.05, 4.69) is 35.0 Å². The largest absolute Gasteiger partial charge is 0.487 e. The molecule has 3 aromatic rings. The first-order chi connectivity index (χ1) is 14.4. The van der Waals surface area contributed by atoms with Crippen LogP contribution in [0.3, 0.4) is 0 Å². The summed E-state index contributed by atoms with van der Waals surface area (Å²) in [4.78, 5) is 5.74. The number of hydrogen-bond acceptors (Lipinski definition) is 4. The highest BCUT2D eigenvalue weighted by molar-refractivity contribution is 5.85. The molecule has 0 amide bonds. The van der Waals surface area contributed by atoms with Crippen molar-refractivity contribution in [1.29, 1.82) is 0 Å². The number of nitrogens with one attached hydrogen (secondary N) is 1. The zero-order valence-electron chi connectivity index (χ0n) is 17.7. The van der Waals surface area contributed by atoms with Crippen LogP contribution in [0.5, 0.6) is 5.75 Å². The molecule has 0 aliphatic carbocycles. The van der Waals surface area contributed by atoms with Gasteiger partial charge in [-0.15, -0.1) is 0 Å². The van der Waals surface area contributed by atoms with Crippen LogP contribution in [0, 0.1) is 13.8 Å². The van der Waals surface area contributed by atoms with E-state index in [4.69, 9.17) is 4.74 Å². The molecule has 5 rings (SSSR count). The number of ether oxygens (including phenoxy) is 1. The van der Waals surface area contributed by atoms with Gasteiger partial charge < -0.3 is 24.8 Å². The normalized spacial score (nSPS) is 22.1. The molecule has 2 aliphatic rings. The first-order valence-corrected chi connectivity index (χ1v) is 10.9. The van der Waals surface area contributed by atoms with Gasteiger partial charge in [-0.25, -0.2) is 0 Å². The second kappa shape index (κ2) is 7.41. The average molecular weight is 407 g/mol. The van der Waals surface area contributed by atoms with Crippen molar-refractivity contribution in [2.24, 2.45) is 0 Å². The summed E-state index contributed by atoms with van der Waals surface area (Å²) in [6.45, 7) is 6.43. The number of nitrogens with zero attached hydrogens (tertiary/aromatic N) is 1. The summed E-state index contributed by atoms with van der Waals surface area (Å²) in [6, 6.07) is 14.1. The molecule has 158 valence electrons. The third kappa shape index (κ3) is 3.41. The van der Waals surface area contributed by atoms with E-state index < -0.39 is 12.2 Å². The number of rotatable bonds is 3. The van der Waals surface area contributed by atoms with Gasteiger partial charge in [0.2, 0.25) is 0 Å². The lowest BCUT2D eigenvalue weighted by molar-refractivity contribution is -0.0587. The SMILES string of the molecule is Cc1ccc2c([C@@H](O)CN3CCC4(CC3)C[C@@H](O)c3ccccc3O4)c(C)[nH]c2c1. The van der Waals surface area contributed by atoms with Gasteiger partial charge >= 0.3 is 0 Å². The Labute approximate surface area is 177 Å². The molecule has 1 saturated heterocycles. The number of β-amino-alcohol motifs (C(OH)–C–C–N with tert-alkyl or cyclic N) is 1. The standard InChI is InChI=1S/C25H30N2O3/c1-16-7-8-18-20(13-16)26-17(2)24(18)22(29)15-27-11-9-25(10-12-27)14-21(28)19-5-3-4-6-23(19)30-25/h3-8,13,21-22,26,28-29H,9-12,14-15H2,1-2H3/t21-,22+/m1/s1. The predicted molar refractivity (Wildman–Crippen MR) is 118 cm³/mol. The Morgan fingerprint density at radius 3 is 2.73 bits per heavy atom. The van der Waals surface area contributed by atoms with Crippen LogP contribution in [-0.4, -0.2) is 45.3 Å². The first kappa shape index (κ1) is 19.6. The molecule has 2 atom stereocenters. The van der Waals surface area contributed by atoms with Gasteiger partial charge in [0.25, 0.3) is 0 Å². The van der Waals surface area contributed by atoms with E-state index in [1.54, 1.807) is 0 Å². The number of para-hydroxylation sites is 1. The third-order valence-electron chi connectivity index (χ3n) is 6.89. The van der Waals surface area contributed by atoms with E-state index >= 15 is 0 Å². The number of aromatic amines is 1. The number of aromatic nitrogens is 1. The number of piperidine rings is 1. The van der Waals surface area contributed by atoms with Crippen molar-refractivity contribution in [1.82, 2.24) is 9.88 Å². The smallest absolute Gasteiger partial charge is 0.125 e. The number of hydrogen-bond donors (Lipinski definition) is 3. The minimum absolute atomic E-state index is 0.302. The molecule has 2 aliphatic heterocycles. The van der Waals surface area contributed by atoms with Crippen molar-refractivity contribution in [2.45, 2.75) is 50.9 Å². The first-order valence-electron chi connectivity index (χ1n) is 10.9. The molecule has 3 heterocycles. The summed E-state index contributed by atoms with van der Waals surface area (Å²) in [7, 11) is 0. The molecule has 1 fully saturated rings. The van der Waals surface area contributed by atoms with Gasteiger partial charge in [0.15, 0.2) is 0 Å². The van der Waals surface area contributed by atoms with Crippen molar-refractivity contribution >= 4 is 10.9 Å². The molecule has 0 saturated carbocycles. The predicted octanol–water partition coefficient (Wildman–Crippen LogP) is 4.17. The lowest BCUT2D eigenvalue weighted by atomic mass is 9.81. The van der Waals surface area contributed by atoms with Crippen LogP contribution in [0.25, 0.3) is 10.9 Å². The van der Waals surface area contributed by atoms with Crippen LogP contribution in [0.15, 0.2) is 42.5 Å². The fourth-order valence-electron chi connectivity index (χ4n) is 5.27. The van der Waals surface area contributed by atoms with Gasteiger partial charge in [0.1, 0.15) is 11.4 Å². The minimum Gasteiger partial charge on any atom is -0.487 e. The molecule has 1 spiro atoms. The Kier molecular flexibility index (Phi) is 4.85. The summed E-state index contributed by atoms with van der Waals surface area (Å²) in [5.41, 5.74) is 4.93. The molecular weight excluding hydrogens is 376 g/mol. The molecule has 0 unspecified atom stereocenters. The number of aliphatic hydroxyl groups is 2. The number of benzene rings is 2. The summed E-state index contributed by atoms with van der Waals surface area (Å²) < 4.78 is 6.39. The van der Waals surface area contributed by atoms with E-state index in [0.29, 0.717) is 13.0 Å². The van der Waals surface area contributed by atoms with Crippen LogP contribution in [0.2, 0.25) is 0 Å². The van der Waals surface area contributed by atoms with E-state index in [9.17, 15) is 10.2 Å². The highest BCUT2D eigenvalue weighted by atomic mass is 16.5. The van der Waals surface area contributed by atoms with Gasteiger partial charge in [0.05, 0.1) is 12.2 Å². The lowest BCUT2D eigenvalue weighted by Gasteiger charge is -2.46. The fraction of sp³-hybridized carbons (Fsp3) is 0.440. The van der Waals surface area contributed by atoms with Crippen molar-refractivity contribution in [3.05, 3.63) is 64.8 Å². The quantitative estimate of drug-likeness (QED) is 0.611. The van der Waals surface area contributed by atoms with Crippen molar-refractivity contribution < 1.29 is 14.9 Å². The average Bonchev–Trinajstić information content (AvgIpc) is 3.04. The van der Waals surface area contributed by atoms with Crippen LogP contribution < -0.4 is 4.74 Å². The molecule has 0 radical (unpaired) electrons. The zero-order chi connectivity index (χ0) is 20.9. The Hall–Kier alpha value is -2.34. The second-order valence-corrected chi connectivity index (χ2v) is 9.07. The zero-order valence-corrected chi connectivity index (χ0v) is 17.7. The van der Waals surface area contributed by atoms with Crippen LogP contribution in [-0.2, 0) is 0 Å². The molecule has 5 nitrogen and oxygen atoms in total. The summed E-state index contributed by atoms with van der Waals surface area (Å²) in [5, 5.41) is 22.8. The monoisotopic (exact) mass is 406 g/mol. The maximum Gasteiger partial charge on any atom is 0.125 e. The van der Waals surface area contributed by atoms with Gasteiger partial charge in [-0.2, -0.15) is 0 Å². The van der Waals surface area contributed by atoms with Crippen molar-refractivity contribution in [3.8, 4) is 5.75 Å². The summed E-state index contributed by atoms with van der Waals surface area (Å²) >= 11 is 0. The van der Waals surface area contributed by atoms with Gasteiger partial charge in [0, 0.05) is 53.8 Å².